The molecule has 0 aliphatic rings. The van der Waals surface area contributed by atoms with Crippen molar-refractivity contribution in [1.82, 2.24) is 5.32 Å². The van der Waals surface area contributed by atoms with Gasteiger partial charge in [0.1, 0.15) is 5.76 Å². The number of hydrogen-bond donors (Lipinski definition) is 2. The van der Waals surface area contributed by atoms with Crippen molar-refractivity contribution in [3.05, 3.63) is 47.7 Å². The van der Waals surface area contributed by atoms with E-state index in [1.165, 1.54) is 0 Å². The van der Waals surface area contributed by atoms with Crippen molar-refractivity contribution in [3.8, 4) is 11.3 Å². The number of aldehydes is 1. The van der Waals surface area contributed by atoms with Gasteiger partial charge in [0.15, 0.2) is 18.1 Å². The molecule has 1 amide bonds. The lowest BCUT2D eigenvalue weighted by Crippen LogP contribution is -2.40. The summed E-state index contributed by atoms with van der Waals surface area (Å²) in [5.41, 5.74) is 0.469. The first-order valence-corrected chi connectivity index (χ1v) is 7.41. The Morgan fingerprint density at radius 3 is 2.21 bits per heavy atom. The van der Waals surface area contributed by atoms with Crippen LogP contribution in [0, 0.1) is 5.41 Å². The van der Waals surface area contributed by atoms with E-state index in [9.17, 15) is 19.5 Å². The van der Waals surface area contributed by atoms with Crippen molar-refractivity contribution in [2.45, 2.75) is 26.8 Å². The standard InChI is InChI=1S/C18H19NO5/c1-18(2,3)17(23)19-15(16(21)22)12-6-4-11(5-7-12)14-9-8-13(10-20)24-14/h4-10,15H,1-3H3,(H,19,23)(H,21,22)/t15-/m0/s1. The van der Waals surface area contributed by atoms with Crippen LogP contribution in [-0.4, -0.2) is 23.3 Å². The van der Waals surface area contributed by atoms with Gasteiger partial charge in [0, 0.05) is 11.0 Å². The van der Waals surface area contributed by atoms with Gasteiger partial charge in [0.25, 0.3) is 0 Å². The van der Waals surface area contributed by atoms with Gasteiger partial charge in [-0.3, -0.25) is 9.59 Å². The van der Waals surface area contributed by atoms with Crippen molar-refractivity contribution >= 4 is 18.2 Å². The number of rotatable bonds is 5. The number of aliphatic carboxylic acids is 1. The molecule has 6 nitrogen and oxygen atoms in total. The third-order valence-corrected chi connectivity index (χ3v) is 3.48. The molecule has 1 atom stereocenters. The van der Waals surface area contributed by atoms with Crippen LogP contribution in [0.4, 0.5) is 0 Å². The summed E-state index contributed by atoms with van der Waals surface area (Å²) in [4.78, 5) is 34.2. The number of carboxylic acid groups (broad SMARTS) is 1. The summed E-state index contributed by atoms with van der Waals surface area (Å²) in [5.74, 6) is -0.758. The Morgan fingerprint density at radius 2 is 1.75 bits per heavy atom. The molecule has 2 N–H and O–H groups in total. The SMILES string of the molecule is CC(C)(C)C(=O)N[C@H](C(=O)O)c1ccc(-c2ccc(C=O)o2)cc1. The average molecular weight is 329 g/mol. The molecular weight excluding hydrogens is 310 g/mol. The van der Waals surface area contributed by atoms with Crippen LogP contribution in [0.2, 0.25) is 0 Å². The molecule has 1 aromatic heterocycles. The van der Waals surface area contributed by atoms with Gasteiger partial charge in [-0.25, -0.2) is 4.79 Å². The van der Waals surface area contributed by atoms with E-state index >= 15 is 0 Å². The maximum atomic E-state index is 12.1. The predicted molar refractivity (Wildman–Crippen MR) is 87.5 cm³/mol. The number of amides is 1. The van der Waals surface area contributed by atoms with Crippen LogP contribution < -0.4 is 5.32 Å². The molecule has 2 aromatic rings. The molecule has 0 bridgehead atoms. The monoisotopic (exact) mass is 329 g/mol. The van der Waals surface area contributed by atoms with E-state index in [1.807, 2.05) is 0 Å². The Morgan fingerprint density at radius 1 is 1.12 bits per heavy atom. The number of hydrogen-bond acceptors (Lipinski definition) is 4. The van der Waals surface area contributed by atoms with Gasteiger partial charge in [-0.1, -0.05) is 45.0 Å². The summed E-state index contributed by atoms with van der Waals surface area (Å²) in [5, 5.41) is 11.9. The highest BCUT2D eigenvalue weighted by atomic mass is 16.4. The van der Waals surface area contributed by atoms with Crippen LogP contribution >= 0.6 is 0 Å². The lowest BCUT2D eigenvalue weighted by Gasteiger charge is -2.22. The molecule has 0 radical (unpaired) electrons. The van der Waals surface area contributed by atoms with Crippen LogP contribution in [0.15, 0.2) is 40.8 Å². The molecule has 6 heteroatoms. The number of carboxylic acids is 1. The second kappa shape index (κ2) is 6.70. The van der Waals surface area contributed by atoms with Crippen molar-refractivity contribution in [2.75, 3.05) is 0 Å². The first-order chi connectivity index (χ1) is 11.2. The van der Waals surface area contributed by atoms with Crippen LogP contribution in [0.1, 0.15) is 42.9 Å². The van der Waals surface area contributed by atoms with Crippen molar-refractivity contribution in [1.29, 1.82) is 0 Å². The van der Waals surface area contributed by atoms with Gasteiger partial charge in [0.05, 0.1) is 0 Å². The Bertz CT molecular complexity index is 752. The minimum absolute atomic E-state index is 0.218. The molecule has 0 spiro atoms. The maximum absolute atomic E-state index is 12.1. The Labute approximate surface area is 139 Å². The molecule has 1 aromatic carbocycles. The Hall–Kier alpha value is -2.89. The third-order valence-electron chi connectivity index (χ3n) is 3.48. The average Bonchev–Trinajstić information content (AvgIpc) is 3.00. The van der Waals surface area contributed by atoms with E-state index < -0.39 is 17.4 Å². The van der Waals surface area contributed by atoms with Gasteiger partial charge in [-0.05, 0) is 17.7 Å². The first-order valence-electron chi connectivity index (χ1n) is 7.41. The predicted octanol–water partition coefficient (Wildman–Crippen LogP) is 3.05. The fourth-order valence-electron chi connectivity index (χ4n) is 2.05. The van der Waals surface area contributed by atoms with Crippen LogP contribution in [0.5, 0.6) is 0 Å². The van der Waals surface area contributed by atoms with Crippen molar-refractivity contribution in [3.63, 3.8) is 0 Å². The zero-order chi connectivity index (χ0) is 17.9. The maximum Gasteiger partial charge on any atom is 0.330 e. The fraction of sp³-hybridized carbons (Fsp3) is 0.278. The summed E-state index contributed by atoms with van der Waals surface area (Å²) >= 11 is 0. The summed E-state index contributed by atoms with van der Waals surface area (Å²) in [6, 6.07) is 8.67. The lowest BCUT2D eigenvalue weighted by molar-refractivity contribution is -0.143. The van der Waals surface area contributed by atoms with Crippen molar-refractivity contribution < 1.29 is 23.9 Å². The van der Waals surface area contributed by atoms with E-state index in [1.54, 1.807) is 57.2 Å². The van der Waals surface area contributed by atoms with Crippen molar-refractivity contribution in [2.24, 2.45) is 5.41 Å². The molecule has 0 saturated heterocycles. The normalized spacial score (nSPS) is 12.5. The van der Waals surface area contributed by atoms with E-state index in [4.69, 9.17) is 4.42 Å². The third kappa shape index (κ3) is 3.90. The second-order valence-corrected chi connectivity index (χ2v) is 6.44. The Balaban J connectivity index is 2.24. The molecule has 0 saturated carbocycles. The number of carbonyl (C=O) groups excluding carboxylic acids is 2. The van der Waals surface area contributed by atoms with Gasteiger partial charge in [-0.2, -0.15) is 0 Å². The largest absolute Gasteiger partial charge is 0.479 e. The first kappa shape index (κ1) is 17.5. The summed E-state index contributed by atoms with van der Waals surface area (Å²) < 4.78 is 5.32. The van der Waals surface area contributed by atoms with Gasteiger partial charge in [0.2, 0.25) is 5.91 Å². The fourth-order valence-corrected chi connectivity index (χ4v) is 2.05. The summed E-state index contributed by atoms with van der Waals surface area (Å²) in [6.45, 7) is 5.14. The number of carbonyl (C=O) groups is 3. The topological polar surface area (TPSA) is 96.6 Å². The molecule has 0 aliphatic carbocycles. The molecule has 1 heterocycles. The quantitative estimate of drug-likeness (QED) is 0.822. The summed E-state index contributed by atoms with van der Waals surface area (Å²) in [6.07, 6.45) is 0.611. The van der Waals surface area contributed by atoms with Crippen LogP contribution in [0.25, 0.3) is 11.3 Å². The molecule has 0 aliphatic heterocycles. The number of nitrogens with one attached hydrogen (secondary N) is 1. The Kier molecular flexibility index (Phi) is 4.87. The van der Waals surface area contributed by atoms with E-state index in [0.29, 0.717) is 23.2 Å². The van der Waals surface area contributed by atoms with E-state index in [-0.39, 0.29) is 11.7 Å². The zero-order valence-electron chi connectivity index (χ0n) is 13.7. The van der Waals surface area contributed by atoms with Crippen LogP contribution in [0.3, 0.4) is 0 Å². The van der Waals surface area contributed by atoms with Gasteiger partial charge < -0.3 is 14.8 Å². The molecular formula is C18H19NO5. The number of benzene rings is 1. The lowest BCUT2D eigenvalue weighted by atomic mass is 9.94. The highest BCUT2D eigenvalue weighted by Crippen LogP contribution is 2.25. The second-order valence-electron chi connectivity index (χ2n) is 6.44. The molecule has 126 valence electrons. The zero-order valence-corrected chi connectivity index (χ0v) is 13.7. The smallest absolute Gasteiger partial charge is 0.330 e. The molecule has 2 rings (SSSR count). The van der Waals surface area contributed by atoms with E-state index in [0.717, 1.165) is 0 Å². The highest BCUT2D eigenvalue weighted by molar-refractivity contribution is 5.87. The van der Waals surface area contributed by atoms with Crippen LogP contribution in [-0.2, 0) is 9.59 Å². The number of furan rings is 1. The van der Waals surface area contributed by atoms with E-state index in [2.05, 4.69) is 5.32 Å². The summed E-state index contributed by atoms with van der Waals surface area (Å²) in [7, 11) is 0. The highest BCUT2D eigenvalue weighted by Gasteiger charge is 2.28. The minimum atomic E-state index is -1.14. The molecule has 0 unspecified atom stereocenters. The van der Waals surface area contributed by atoms with Gasteiger partial charge in [-0.15, -0.1) is 0 Å². The van der Waals surface area contributed by atoms with Gasteiger partial charge >= 0.3 is 5.97 Å². The molecule has 0 fully saturated rings. The molecule has 24 heavy (non-hydrogen) atoms. The minimum Gasteiger partial charge on any atom is -0.479 e.